The van der Waals surface area contributed by atoms with E-state index in [4.69, 9.17) is 32.7 Å². The molecule has 0 N–H and O–H groups in total. The number of fused-ring (bicyclic) bond motifs is 1. The predicted molar refractivity (Wildman–Crippen MR) is 75.1 cm³/mol. The minimum atomic E-state index is -4.76. The molecule has 3 rings (SSSR count). The van der Waals surface area contributed by atoms with Crippen molar-refractivity contribution in [1.82, 2.24) is 9.55 Å². The van der Waals surface area contributed by atoms with E-state index in [1.54, 1.807) is 6.92 Å². The van der Waals surface area contributed by atoms with Gasteiger partial charge in [0.15, 0.2) is 5.82 Å². The summed E-state index contributed by atoms with van der Waals surface area (Å²) in [6.45, 7) is 1.63. The summed E-state index contributed by atoms with van der Waals surface area (Å²) in [6, 6.07) is 2.91. The van der Waals surface area contributed by atoms with Gasteiger partial charge in [-0.2, -0.15) is 13.2 Å². The summed E-state index contributed by atoms with van der Waals surface area (Å²) in [5.74, 6) is -3.21. The van der Waals surface area contributed by atoms with Crippen LogP contribution in [0.1, 0.15) is 12.7 Å². The van der Waals surface area contributed by atoms with Crippen LogP contribution >= 0.6 is 23.2 Å². The predicted octanol–water partition coefficient (Wildman–Crippen LogP) is 4.12. The number of imidazole rings is 1. The molecule has 0 unspecified atom stereocenters. The summed E-state index contributed by atoms with van der Waals surface area (Å²) in [4.78, 5) is 4.06. The lowest BCUT2D eigenvalue weighted by Crippen LogP contribution is -2.45. The van der Waals surface area contributed by atoms with Gasteiger partial charge in [0.1, 0.15) is 0 Å². The Morgan fingerprint density at radius 3 is 2.36 bits per heavy atom. The van der Waals surface area contributed by atoms with Crippen LogP contribution in [-0.2, 0) is 21.8 Å². The molecule has 1 fully saturated rings. The monoisotopic (exact) mass is 354 g/mol. The molecule has 0 radical (unpaired) electrons. The highest BCUT2D eigenvalue weighted by Crippen LogP contribution is 2.46. The van der Waals surface area contributed by atoms with Crippen molar-refractivity contribution in [3.8, 4) is 0 Å². The SMILES string of the molecule is CCn1c(C2(C(F)(F)F)OCCO2)nc2cc(Cl)c(Cl)cc21. The van der Waals surface area contributed by atoms with Crippen LogP contribution in [0.25, 0.3) is 11.0 Å². The Bertz CT molecular complexity index is 724. The smallest absolute Gasteiger partial charge is 0.334 e. The van der Waals surface area contributed by atoms with E-state index in [1.807, 2.05) is 0 Å². The van der Waals surface area contributed by atoms with Gasteiger partial charge in [0.05, 0.1) is 34.3 Å². The molecule has 4 nitrogen and oxygen atoms in total. The van der Waals surface area contributed by atoms with Crippen molar-refractivity contribution in [1.29, 1.82) is 0 Å². The zero-order valence-corrected chi connectivity index (χ0v) is 12.9. The Hall–Kier alpha value is -1.02. The lowest BCUT2D eigenvalue weighted by molar-refractivity contribution is -0.356. The van der Waals surface area contributed by atoms with Gasteiger partial charge in [-0.3, -0.25) is 0 Å². The van der Waals surface area contributed by atoms with E-state index < -0.39 is 12.0 Å². The first-order valence-electron chi connectivity index (χ1n) is 6.50. The van der Waals surface area contributed by atoms with Gasteiger partial charge < -0.3 is 14.0 Å². The lowest BCUT2D eigenvalue weighted by atomic mass is 10.2. The third-order valence-electron chi connectivity index (χ3n) is 3.47. The van der Waals surface area contributed by atoms with Crippen LogP contribution in [0.3, 0.4) is 0 Å². The van der Waals surface area contributed by atoms with Crippen LogP contribution in [0.15, 0.2) is 12.1 Å². The molecule has 1 aromatic heterocycles. The summed E-state index contributed by atoms with van der Waals surface area (Å²) >= 11 is 11.9. The van der Waals surface area contributed by atoms with Gasteiger partial charge in [-0.05, 0) is 19.1 Å². The molecule has 0 atom stereocenters. The number of hydrogen-bond donors (Lipinski definition) is 0. The fourth-order valence-electron chi connectivity index (χ4n) is 2.52. The standard InChI is InChI=1S/C13H11Cl2F3N2O2/c1-2-20-10-6-8(15)7(14)5-9(10)19-11(20)12(13(16,17)18)21-3-4-22-12/h5-6H,2-4H2,1H3. The second kappa shape index (κ2) is 5.26. The minimum Gasteiger partial charge on any atom is -0.334 e. The third-order valence-corrected chi connectivity index (χ3v) is 4.19. The van der Waals surface area contributed by atoms with Gasteiger partial charge >= 0.3 is 12.0 Å². The molecule has 2 heterocycles. The Labute approximate surface area is 133 Å². The molecule has 0 aliphatic carbocycles. The maximum atomic E-state index is 13.5. The summed E-state index contributed by atoms with van der Waals surface area (Å²) in [7, 11) is 0. The largest absolute Gasteiger partial charge is 0.451 e. The molecular formula is C13H11Cl2F3N2O2. The molecule has 9 heteroatoms. The van der Waals surface area contributed by atoms with E-state index in [9.17, 15) is 13.2 Å². The molecule has 120 valence electrons. The molecule has 22 heavy (non-hydrogen) atoms. The number of halogens is 5. The molecular weight excluding hydrogens is 344 g/mol. The topological polar surface area (TPSA) is 36.3 Å². The van der Waals surface area contributed by atoms with Crippen LogP contribution in [0.4, 0.5) is 13.2 Å². The molecule has 0 spiro atoms. The van der Waals surface area contributed by atoms with Crippen LogP contribution in [0, 0.1) is 0 Å². The van der Waals surface area contributed by atoms with Crippen molar-refractivity contribution < 1.29 is 22.6 Å². The third kappa shape index (κ3) is 2.19. The van der Waals surface area contributed by atoms with Crippen molar-refractivity contribution in [3.63, 3.8) is 0 Å². The molecule has 1 aliphatic heterocycles. The van der Waals surface area contributed by atoms with Gasteiger partial charge in [0.2, 0.25) is 0 Å². The molecule has 0 saturated carbocycles. The maximum Gasteiger partial charge on any atom is 0.451 e. The number of rotatable bonds is 2. The summed E-state index contributed by atoms with van der Waals surface area (Å²) < 4.78 is 51.9. The van der Waals surface area contributed by atoms with Crippen molar-refractivity contribution in [2.24, 2.45) is 0 Å². The highest BCUT2D eigenvalue weighted by atomic mass is 35.5. The van der Waals surface area contributed by atoms with Crippen LogP contribution in [0.2, 0.25) is 10.0 Å². The summed E-state index contributed by atoms with van der Waals surface area (Å²) in [6.07, 6.45) is -4.76. The Kier molecular flexibility index (Phi) is 3.79. The van der Waals surface area contributed by atoms with Crippen molar-refractivity contribution >= 4 is 34.2 Å². The quantitative estimate of drug-likeness (QED) is 0.813. The van der Waals surface area contributed by atoms with E-state index in [-0.39, 0.29) is 35.6 Å². The number of aromatic nitrogens is 2. The molecule has 1 aromatic carbocycles. The van der Waals surface area contributed by atoms with Crippen molar-refractivity contribution in [2.45, 2.75) is 25.4 Å². The van der Waals surface area contributed by atoms with E-state index >= 15 is 0 Å². The average molecular weight is 355 g/mol. The first-order valence-corrected chi connectivity index (χ1v) is 7.26. The molecule has 1 aliphatic rings. The first kappa shape index (κ1) is 15.9. The second-order valence-corrected chi connectivity index (χ2v) is 5.56. The number of nitrogens with zero attached hydrogens (tertiary/aromatic N) is 2. The Morgan fingerprint density at radius 1 is 1.23 bits per heavy atom. The minimum absolute atomic E-state index is 0.159. The van der Waals surface area contributed by atoms with Crippen LogP contribution < -0.4 is 0 Å². The Balaban J connectivity index is 2.30. The Morgan fingerprint density at radius 2 is 1.82 bits per heavy atom. The number of benzene rings is 1. The number of alkyl halides is 3. The maximum absolute atomic E-state index is 13.5. The van der Waals surface area contributed by atoms with Gasteiger partial charge in [0, 0.05) is 6.54 Å². The molecule has 0 amide bonds. The van der Waals surface area contributed by atoms with Crippen molar-refractivity contribution in [2.75, 3.05) is 13.2 Å². The van der Waals surface area contributed by atoms with E-state index in [2.05, 4.69) is 4.98 Å². The first-order chi connectivity index (χ1) is 10.3. The number of ether oxygens (including phenoxy) is 2. The average Bonchev–Trinajstić information content (AvgIpc) is 3.03. The normalized spacial score (nSPS) is 18.3. The second-order valence-electron chi connectivity index (χ2n) is 4.75. The van der Waals surface area contributed by atoms with E-state index in [1.165, 1.54) is 16.7 Å². The molecule has 2 aromatic rings. The van der Waals surface area contributed by atoms with Crippen LogP contribution in [0.5, 0.6) is 0 Å². The zero-order chi connectivity index (χ0) is 16.1. The number of hydrogen-bond acceptors (Lipinski definition) is 3. The van der Waals surface area contributed by atoms with Gasteiger partial charge in [-0.25, -0.2) is 4.98 Å². The lowest BCUT2D eigenvalue weighted by Gasteiger charge is -2.29. The van der Waals surface area contributed by atoms with Gasteiger partial charge in [0.25, 0.3) is 0 Å². The molecule has 1 saturated heterocycles. The summed E-state index contributed by atoms with van der Waals surface area (Å²) in [5, 5.41) is 0.459. The van der Waals surface area contributed by atoms with E-state index in [0.717, 1.165) is 0 Å². The van der Waals surface area contributed by atoms with Gasteiger partial charge in [-0.15, -0.1) is 0 Å². The van der Waals surface area contributed by atoms with Crippen molar-refractivity contribution in [3.05, 3.63) is 28.0 Å². The van der Waals surface area contributed by atoms with Crippen LogP contribution in [-0.4, -0.2) is 28.9 Å². The fourth-order valence-corrected chi connectivity index (χ4v) is 2.84. The highest BCUT2D eigenvalue weighted by Gasteiger charge is 2.64. The van der Waals surface area contributed by atoms with E-state index in [0.29, 0.717) is 11.0 Å². The number of aryl methyl sites for hydroxylation is 1. The highest BCUT2D eigenvalue weighted by molar-refractivity contribution is 6.42. The summed E-state index contributed by atoms with van der Waals surface area (Å²) in [5.41, 5.74) is 0.739. The zero-order valence-electron chi connectivity index (χ0n) is 11.4. The molecule has 0 bridgehead atoms. The fraction of sp³-hybridized carbons (Fsp3) is 0.462. The van der Waals surface area contributed by atoms with Gasteiger partial charge in [-0.1, -0.05) is 23.2 Å².